The van der Waals surface area contributed by atoms with Crippen LogP contribution in [0, 0.1) is 10.1 Å². The largest absolute Gasteiger partial charge is 0.462 e. The minimum absolute atomic E-state index is 0.0719. The number of nitrogens with one attached hydrogen (secondary N) is 3. The maximum Gasteiger partial charge on any atom is 0.348 e. The van der Waals surface area contributed by atoms with E-state index in [1.165, 1.54) is 30.3 Å². The van der Waals surface area contributed by atoms with Crippen LogP contribution in [0.3, 0.4) is 0 Å². The van der Waals surface area contributed by atoms with Gasteiger partial charge in [0, 0.05) is 23.4 Å². The molecule has 0 bridgehead atoms. The molecule has 0 aliphatic carbocycles. The number of hydrogen-bond donors (Lipinski definition) is 3. The number of anilines is 1. The summed E-state index contributed by atoms with van der Waals surface area (Å²) in [5.74, 6) is -1.49. The number of carbonyl (C=O) groups is 2. The molecular weight excluding hydrogens is 398 g/mol. The van der Waals surface area contributed by atoms with Gasteiger partial charge in [0.1, 0.15) is 0 Å². The maximum absolute atomic E-state index is 12.5. The molecule has 0 saturated heterocycles. The molecule has 0 aliphatic heterocycles. The molecule has 30 heavy (non-hydrogen) atoms. The lowest BCUT2D eigenvalue weighted by atomic mass is 10.1. The van der Waals surface area contributed by atoms with Crippen molar-refractivity contribution in [3.63, 3.8) is 0 Å². The fourth-order valence-electron chi connectivity index (χ4n) is 2.62. The van der Waals surface area contributed by atoms with E-state index in [4.69, 9.17) is 4.74 Å². The SMILES string of the molecule is CCOC(=O)c1cc(C(=O)Nc2ccc(-n3c(=O)[nH][nH]c3=O)cc2)cc([N+](=O)[O-])c1. The molecule has 0 spiro atoms. The van der Waals surface area contributed by atoms with Crippen LogP contribution in [-0.4, -0.2) is 38.2 Å². The van der Waals surface area contributed by atoms with E-state index in [9.17, 15) is 29.3 Å². The van der Waals surface area contributed by atoms with Gasteiger partial charge in [-0.3, -0.25) is 14.9 Å². The predicted octanol–water partition coefficient (Wildman–Crippen LogP) is 1.19. The molecule has 2 aromatic carbocycles. The molecule has 3 N–H and O–H groups in total. The molecule has 3 rings (SSSR count). The van der Waals surface area contributed by atoms with Crippen molar-refractivity contribution in [1.29, 1.82) is 0 Å². The molecule has 1 heterocycles. The lowest BCUT2D eigenvalue weighted by Gasteiger charge is -2.08. The fourth-order valence-corrected chi connectivity index (χ4v) is 2.62. The molecule has 1 amide bonds. The number of aromatic nitrogens is 3. The first-order chi connectivity index (χ1) is 14.3. The second-order valence-electron chi connectivity index (χ2n) is 5.94. The van der Waals surface area contributed by atoms with E-state index in [0.717, 1.165) is 16.7 Å². The van der Waals surface area contributed by atoms with Crippen molar-refractivity contribution >= 4 is 23.3 Å². The highest BCUT2D eigenvalue weighted by Crippen LogP contribution is 2.20. The summed E-state index contributed by atoms with van der Waals surface area (Å²) in [6, 6.07) is 8.98. The van der Waals surface area contributed by atoms with E-state index >= 15 is 0 Å². The highest BCUT2D eigenvalue weighted by molar-refractivity contribution is 6.06. The molecule has 0 aliphatic rings. The summed E-state index contributed by atoms with van der Waals surface area (Å²) in [6.07, 6.45) is 0. The molecule has 154 valence electrons. The fraction of sp³-hybridized carbons (Fsp3) is 0.111. The van der Waals surface area contributed by atoms with Gasteiger partial charge in [-0.15, -0.1) is 0 Å². The zero-order chi connectivity index (χ0) is 21.8. The first kappa shape index (κ1) is 20.3. The van der Waals surface area contributed by atoms with Crippen molar-refractivity contribution in [3.05, 3.63) is 84.7 Å². The van der Waals surface area contributed by atoms with Crippen LogP contribution in [0.1, 0.15) is 27.6 Å². The van der Waals surface area contributed by atoms with Gasteiger partial charge in [-0.05, 0) is 37.3 Å². The zero-order valence-corrected chi connectivity index (χ0v) is 15.5. The van der Waals surface area contributed by atoms with E-state index in [0.29, 0.717) is 5.69 Å². The summed E-state index contributed by atoms with van der Waals surface area (Å²) >= 11 is 0. The molecule has 0 unspecified atom stereocenters. The number of rotatable bonds is 6. The molecule has 12 nitrogen and oxygen atoms in total. The number of non-ortho nitro benzene ring substituents is 1. The molecule has 0 fully saturated rings. The Kier molecular flexibility index (Phi) is 5.58. The number of hydrogen-bond acceptors (Lipinski definition) is 7. The highest BCUT2D eigenvalue weighted by atomic mass is 16.6. The number of nitro benzene ring substituents is 1. The van der Waals surface area contributed by atoms with E-state index in [2.05, 4.69) is 15.5 Å². The van der Waals surface area contributed by atoms with Crippen molar-refractivity contribution in [2.75, 3.05) is 11.9 Å². The van der Waals surface area contributed by atoms with Crippen molar-refractivity contribution in [1.82, 2.24) is 14.8 Å². The van der Waals surface area contributed by atoms with Gasteiger partial charge >= 0.3 is 17.3 Å². The average molecular weight is 413 g/mol. The van der Waals surface area contributed by atoms with Gasteiger partial charge in [-0.1, -0.05) is 0 Å². The lowest BCUT2D eigenvalue weighted by molar-refractivity contribution is -0.384. The van der Waals surface area contributed by atoms with Crippen LogP contribution in [0.15, 0.2) is 52.1 Å². The quantitative estimate of drug-likeness (QED) is 0.310. The second kappa shape index (κ2) is 8.26. The Morgan fingerprint density at radius 1 is 1.07 bits per heavy atom. The number of H-pyrrole nitrogens is 2. The zero-order valence-electron chi connectivity index (χ0n) is 15.5. The topological polar surface area (TPSA) is 169 Å². The van der Waals surface area contributed by atoms with Crippen LogP contribution >= 0.6 is 0 Å². The number of aromatic amines is 2. The predicted molar refractivity (Wildman–Crippen MR) is 104 cm³/mol. The second-order valence-corrected chi connectivity index (χ2v) is 5.94. The molecule has 0 saturated carbocycles. The standard InChI is InChI=1S/C18H15N5O7/c1-2-30-16(25)11-7-10(8-14(9-11)23(28)29)15(24)19-12-3-5-13(6-4-12)22-17(26)20-21-18(22)27/h3-9H,2H2,1H3,(H,19,24)(H,20,26)(H,21,27). The Bertz CT molecular complexity index is 1210. The number of amides is 1. The number of carbonyl (C=O) groups excluding carboxylic acids is 2. The Morgan fingerprint density at radius 2 is 1.67 bits per heavy atom. The summed E-state index contributed by atoms with van der Waals surface area (Å²) in [6.45, 7) is 1.66. The van der Waals surface area contributed by atoms with E-state index in [1.54, 1.807) is 6.92 Å². The number of ether oxygens (including phenoxy) is 1. The summed E-state index contributed by atoms with van der Waals surface area (Å²) in [4.78, 5) is 58.1. The van der Waals surface area contributed by atoms with Crippen LogP contribution in [0.25, 0.3) is 5.69 Å². The van der Waals surface area contributed by atoms with Gasteiger partial charge < -0.3 is 10.1 Å². The lowest BCUT2D eigenvalue weighted by Crippen LogP contribution is -2.24. The maximum atomic E-state index is 12.5. The third-order valence-corrected chi connectivity index (χ3v) is 3.97. The molecule has 0 radical (unpaired) electrons. The van der Waals surface area contributed by atoms with Gasteiger partial charge in [-0.2, -0.15) is 0 Å². The average Bonchev–Trinajstić information content (AvgIpc) is 3.06. The Labute approximate surface area is 167 Å². The summed E-state index contributed by atoms with van der Waals surface area (Å²) in [7, 11) is 0. The third-order valence-electron chi connectivity index (χ3n) is 3.97. The normalized spacial score (nSPS) is 10.4. The summed E-state index contributed by atoms with van der Waals surface area (Å²) in [5.41, 5.74) is -1.42. The van der Waals surface area contributed by atoms with Crippen LogP contribution in [-0.2, 0) is 4.74 Å². The molecule has 12 heteroatoms. The third kappa shape index (κ3) is 4.16. The van der Waals surface area contributed by atoms with Crippen molar-refractivity contribution < 1.29 is 19.2 Å². The Balaban J connectivity index is 1.86. The van der Waals surface area contributed by atoms with Gasteiger partial charge in [-0.25, -0.2) is 29.1 Å². The monoisotopic (exact) mass is 413 g/mol. The molecular formula is C18H15N5O7. The Morgan fingerprint density at radius 3 is 2.23 bits per heavy atom. The van der Waals surface area contributed by atoms with Gasteiger partial charge in [0.2, 0.25) is 0 Å². The number of benzene rings is 2. The Hall–Kier alpha value is -4.48. The van der Waals surface area contributed by atoms with Crippen LogP contribution in [0.5, 0.6) is 0 Å². The minimum atomic E-state index is -0.790. The highest BCUT2D eigenvalue weighted by Gasteiger charge is 2.19. The van der Waals surface area contributed by atoms with E-state index in [-0.39, 0.29) is 23.4 Å². The van der Waals surface area contributed by atoms with Gasteiger partial charge in [0.25, 0.3) is 11.6 Å². The molecule has 3 aromatic rings. The first-order valence-corrected chi connectivity index (χ1v) is 8.58. The number of nitrogens with zero attached hydrogens (tertiary/aromatic N) is 2. The van der Waals surface area contributed by atoms with Crippen LogP contribution < -0.4 is 16.7 Å². The van der Waals surface area contributed by atoms with Crippen molar-refractivity contribution in [3.8, 4) is 5.69 Å². The van der Waals surface area contributed by atoms with E-state index < -0.39 is 33.9 Å². The summed E-state index contributed by atoms with van der Waals surface area (Å²) < 4.78 is 5.69. The van der Waals surface area contributed by atoms with Crippen LogP contribution in [0.2, 0.25) is 0 Å². The first-order valence-electron chi connectivity index (χ1n) is 8.58. The minimum Gasteiger partial charge on any atom is -0.462 e. The number of esters is 1. The number of nitro groups is 1. The molecule has 0 atom stereocenters. The molecule has 1 aromatic heterocycles. The van der Waals surface area contributed by atoms with Crippen molar-refractivity contribution in [2.24, 2.45) is 0 Å². The van der Waals surface area contributed by atoms with Gasteiger partial charge in [0.05, 0.1) is 22.8 Å². The van der Waals surface area contributed by atoms with Crippen molar-refractivity contribution in [2.45, 2.75) is 6.92 Å². The summed E-state index contributed by atoms with van der Waals surface area (Å²) in [5, 5.41) is 18.0. The van der Waals surface area contributed by atoms with Crippen LogP contribution in [0.4, 0.5) is 11.4 Å². The smallest absolute Gasteiger partial charge is 0.348 e. The van der Waals surface area contributed by atoms with Gasteiger partial charge in [0.15, 0.2) is 0 Å². The van der Waals surface area contributed by atoms with E-state index in [1.807, 2.05) is 0 Å².